The molecule has 0 saturated heterocycles. The summed E-state index contributed by atoms with van der Waals surface area (Å²) in [5.41, 5.74) is -1.07. The van der Waals surface area contributed by atoms with Crippen molar-refractivity contribution in [2.75, 3.05) is 19.8 Å². The van der Waals surface area contributed by atoms with Gasteiger partial charge in [-0.1, -0.05) is 19.7 Å². The molecule has 0 amide bonds. The van der Waals surface area contributed by atoms with Gasteiger partial charge in [0.15, 0.2) is 0 Å². The zero-order valence-corrected chi connectivity index (χ0v) is 12.2. The predicted octanol–water partition coefficient (Wildman–Crippen LogP) is 1.20. The van der Waals surface area contributed by atoms with Gasteiger partial charge >= 0.3 is 17.9 Å². The second-order valence-electron chi connectivity index (χ2n) is 4.34. The van der Waals surface area contributed by atoms with E-state index in [9.17, 15) is 14.4 Å². The summed E-state index contributed by atoms with van der Waals surface area (Å²) in [5, 5.41) is 7.24. The van der Waals surface area contributed by atoms with Gasteiger partial charge in [-0.05, 0) is 12.6 Å². The lowest BCUT2D eigenvalue weighted by Crippen LogP contribution is -2.39. The van der Waals surface area contributed by atoms with Crippen molar-refractivity contribution in [2.45, 2.75) is 6.42 Å². The molecule has 22 heavy (non-hydrogen) atoms. The molecule has 0 spiro atoms. The molecule has 120 valence electrons. The van der Waals surface area contributed by atoms with Crippen molar-refractivity contribution in [3.8, 4) is 0 Å². The Hall–Kier alpha value is -2.70. The van der Waals surface area contributed by atoms with Gasteiger partial charge in [0.2, 0.25) is 0 Å². The monoisotopic (exact) mass is 309 g/mol. The van der Waals surface area contributed by atoms with Gasteiger partial charge < -0.3 is 19.6 Å². The molecular formula is C15H19NO6. The van der Waals surface area contributed by atoms with E-state index < -0.39 is 23.3 Å². The average Bonchev–Trinajstić information content (AvgIpc) is 2.54. The van der Waals surface area contributed by atoms with Crippen molar-refractivity contribution in [1.82, 2.24) is 0 Å². The SMILES string of the molecule is C=CC(=O)OCC(CC=N)(COC(=O)C=C)COC(=O)C=C. The molecule has 0 aromatic rings. The molecular weight excluding hydrogens is 290 g/mol. The van der Waals surface area contributed by atoms with Crippen LogP contribution >= 0.6 is 0 Å². The van der Waals surface area contributed by atoms with Crippen LogP contribution in [0.3, 0.4) is 0 Å². The van der Waals surface area contributed by atoms with Crippen LogP contribution < -0.4 is 0 Å². The minimum absolute atomic E-state index is 0.0618. The van der Waals surface area contributed by atoms with Gasteiger partial charge in [-0.15, -0.1) is 0 Å². The topological polar surface area (TPSA) is 103 Å². The molecule has 0 radical (unpaired) electrons. The molecule has 0 aliphatic carbocycles. The highest BCUT2D eigenvalue weighted by atomic mass is 16.6. The fourth-order valence-corrected chi connectivity index (χ4v) is 1.37. The first-order chi connectivity index (χ1) is 10.4. The largest absolute Gasteiger partial charge is 0.462 e. The third kappa shape index (κ3) is 7.18. The van der Waals surface area contributed by atoms with E-state index in [0.29, 0.717) is 0 Å². The minimum Gasteiger partial charge on any atom is -0.462 e. The minimum atomic E-state index is -1.07. The Labute approximate surface area is 128 Å². The smallest absolute Gasteiger partial charge is 0.330 e. The average molecular weight is 309 g/mol. The van der Waals surface area contributed by atoms with Gasteiger partial charge in [0.25, 0.3) is 0 Å². The van der Waals surface area contributed by atoms with E-state index in [4.69, 9.17) is 19.6 Å². The Morgan fingerprint density at radius 1 is 0.818 bits per heavy atom. The van der Waals surface area contributed by atoms with Gasteiger partial charge in [-0.25, -0.2) is 14.4 Å². The zero-order valence-electron chi connectivity index (χ0n) is 12.2. The second kappa shape index (κ2) is 10.1. The number of rotatable bonds is 11. The Morgan fingerprint density at radius 3 is 1.36 bits per heavy atom. The van der Waals surface area contributed by atoms with E-state index in [1.807, 2.05) is 0 Å². The van der Waals surface area contributed by atoms with Crippen LogP contribution in [0.25, 0.3) is 0 Å². The molecule has 0 heterocycles. The zero-order chi connectivity index (χ0) is 17.0. The molecule has 0 aliphatic heterocycles. The summed E-state index contributed by atoms with van der Waals surface area (Å²) in [5.74, 6) is -2.04. The van der Waals surface area contributed by atoms with E-state index in [-0.39, 0.29) is 26.2 Å². The third-order valence-electron chi connectivity index (χ3n) is 2.60. The maximum atomic E-state index is 11.2. The molecule has 0 fully saturated rings. The van der Waals surface area contributed by atoms with Gasteiger partial charge in [0.1, 0.15) is 19.8 Å². The van der Waals surface area contributed by atoms with Crippen molar-refractivity contribution in [3.05, 3.63) is 38.0 Å². The van der Waals surface area contributed by atoms with Gasteiger partial charge in [0, 0.05) is 18.2 Å². The molecule has 7 heteroatoms. The summed E-state index contributed by atoms with van der Waals surface area (Å²) in [6.07, 6.45) is 4.03. The summed E-state index contributed by atoms with van der Waals surface area (Å²) in [4.78, 5) is 33.6. The Balaban J connectivity index is 5.07. The Kier molecular flexibility index (Phi) is 8.85. The van der Waals surface area contributed by atoms with Crippen molar-refractivity contribution < 1.29 is 28.6 Å². The maximum Gasteiger partial charge on any atom is 0.330 e. The van der Waals surface area contributed by atoms with E-state index in [1.165, 1.54) is 0 Å². The number of hydrogen-bond donors (Lipinski definition) is 1. The Bertz CT molecular complexity index is 409. The molecule has 0 aliphatic rings. The van der Waals surface area contributed by atoms with Crippen molar-refractivity contribution in [2.24, 2.45) is 5.41 Å². The van der Waals surface area contributed by atoms with Crippen LogP contribution in [0, 0.1) is 10.8 Å². The summed E-state index contributed by atoms with van der Waals surface area (Å²) in [6.45, 7) is 9.14. The predicted molar refractivity (Wildman–Crippen MR) is 79.3 cm³/mol. The van der Waals surface area contributed by atoms with Crippen molar-refractivity contribution in [3.63, 3.8) is 0 Å². The van der Waals surface area contributed by atoms with Crippen LogP contribution in [-0.2, 0) is 28.6 Å². The van der Waals surface area contributed by atoms with E-state index in [2.05, 4.69) is 19.7 Å². The fraction of sp³-hybridized carbons (Fsp3) is 0.333. The van der Waals surface area contributed by atoms with Crippen LogP contribution in [0.4, 0.5) is 0 Å². The fourth-order valence-electron chi connectivity index (χ4n) is 1.37. The van der Waals surface area contributed by atoms with Crippen LogP contribution in [0.1, 0.15) is 6.42 Å². The Morgan fingerprint density at radius 2 is 1.14 bits per heavy atom. The summed E-state index contributed by atoms with van der Waals surface area (Å²) in [6, 6.07) is 0. The number of esters is 3. The maximum absolute atomic E-state index is 11.2. The number of ether oxygens (including phenoxy) is 3. The van der Waals surface area contributed by atoms with E-state index in [0.717, 1.165) is 24.4 Å². The molecule has 0 aromatic carbocycles. The van der Waals surface area contributed by atoms with Crippen molar-refractivity contribution in [1.29, 1.82) is 5.41 Å². The van der Waals surface area contributed by atoms with Gasteiger partial charge in [0.05, 0.1) is 5.41 Å². The van der Waals surface area contributed by atoms with Crippen LogP contribution in [-0.4, -0.2) is 43.9 Å². The highest BCUT2D eigenvalue weighted by Crippen LogP contribution is 2.24. The molecule has 0 unspecified atom stereocenters. The lowest BCUT2D eigenvalue weighted by atomic mass is 9.87. The van der Waals surface area contributed by atoms with E-state index in [1.54, 1.807) is 0 Å². The van der Waals surface area contributed by atoms with Crippen LogP contribution in [0.5, 0.6) is 0 Å². The van der Waals surface area contributed by atoms with E-state index >= 15 is 0 Å². The highest BCUT2D eigenvalue weighted by Gasteiger charge is 2.34. The lowest BCUT2D eigenvalue weighted by Gasteiger charge is -2.30. The van der Waals surface area contributed by atoms with Crippen molar-refractivity contribution >= 4 is 24.1 Å². The quantitative estimate of drug-likeness (QED) is 0.266. The number of carbonyl (C=O) groups excluding carboxylic acids is 3. The molecule has 0 atom stereocenters. The third-order valence-corrected chi connectivity index (χ3v) is 2.60. The summed E-state index contributed by atoms with van der Waals surface area (Å²) in [7, 11) is 0. The standard InChI is InChI=1S/C15H19NO6/c1-4-12(17)20-9-15(7-8-16,10-21-13(18)5-2)11-22-14(19)6-3/h4-6,8,16H,1-3,7,9-11H2. The lowest BCUT2D eigenvalue weighted by molar-refractivity contribution is -0.155. The van der Waals surface area contributed by atoms with Gasteiger partial charge in [-0.3, -0.25) is 0 Å². The second-order valence-corrected chi connectivity index (χ2v) is 4.34. The van der Waals surface area contributed by atoms with Crippen LogP contribution in [0.2, 0.25) is 0 Å². The molecule has 0 aromatic heterocycles. The molecule has 1 N–H and O–H groups in total. The first kappa shape index (κ1) is 19.3. The molecule has 0 rings (SSSR count). The number of nitrogens with one attached hydrogen (secondary N) is 1. The van der Waals surface area contributed by atoms with Crippen LogP contribution in [0.15, 0.2) is 38.0 Å². The summed E-state index contributed by atoms with van der Waals surface area (Å²) >= 11 is 0. The number of carbonyl (C=O) groups is 3. The molecule has 7 nitrogen and oxygen atoms in total. The first-order valence-electron chi connectivity index (χ1n) is 6.29. The highest BCUT2D eigenvalue weighted by molar-refractivity contribution is 5.82. The normalized spacial score (nSPS) is 10.0. The first-order valence-corrected chi connectivity index (χ1v) is 6.29. The molecule has 0 bridgehead atoms. The molecule has 0 saturated carbocycles. The van der Waals surface area contributed by atoms with Gasteiger partial charge in [-0.2, -0.15) is 0 Å². The summed E-state index contributed by atoms with van der Waals surface area (Å²) < 4.78 is 14.8. The number of hydrogen-bond acceptors (Lipinski definition) is 7.